The summed E-state index contributed by atoms with van der Waals surface area (Å²) in [6.45, 7) is 7.25. The number of rotatable bonds is 9. The number of hydrogen-bond acceptors (Lipinski definition) is 4. The predicted molar refractivity (Wildman–Crippen MR) is 80.9 cm³/mol. The number of ether oxygens (including phenoxy) is 2. The monoisotopic (exact) mass is 299 g/mol. The second-order valence-corrected chi connectivity index (χ2v) is 4.75. The lowest BCUT2D eigenvalue weighted by Gasteiger charge is -2.19. The highest BCUT2D eigenvalue weighted by atomic mass is 35.5. The zero-order chi connectivity index (χ0) is 15.0. The van der Waals surface area contributed by atoms with Crippen molar-refractivity contribution in [3.05, 3.63) is 28.8 Å². The van der Waals surface area contributed by atoms with E-state index in [1.807, 2.05) is 13.8 Å². The molecule has 0 fully saturated rings. The molecule has 1 aromatic rings. The Kier molecular flexibility index (Phi) is 7.59. The summed E-state index contributed by atoms with van der Waals surface area (Å²) < 4.78 is 10.4. The summed E-state index contributed by atoms with van der Waals surface area (Å²) in [6, 6.07) is 5.11. The summed E-state index contributed by atoms with van der Waals surface area (Å²) in [5.74, 6) is 0.625. The Morgan fingerprint density at radius 1 is 1.35 bits per heavy atom. The molecule has 0 saturated heterocycles. The molecule has 0 aliphatic heterocycles. The first kappa shape index (κ1) is 17.0. The zero-order valence-electron chi connectivity index (χ0n) is 12.3. The number of benzene rings is 1. The lowest BCUT2D eigenvalue weighted by molar-refractivity contribution is 0.0867. The number of likely N-dealkylation sites (N-methyl/N-ethyl adjacent to an activating group) is 1. The van der Waals surface area contributed by atoms with Crippen molar-refractivity contribution >= 4 is 17.4 Å². The Morgan fingerprint density at radius 2 is 2.10 bits per heavy atom. The molecule has 0 N–H and O–H groups in total. The van der Waals surface area contributed by atoms with Gasteiger partial charge in [-0.3, -0.25) is 9.69 Å². The molecule has 0 aromatic heterocycles. The Hall–Kier alpha value is -1.10. The molecular weight excluding hydrogens is 278 g/mol. The summed E-state index contributed by atoms with van der Waals surface area (Å²) in [7, 11) is 1.55. The van der Waals surface area contributed by atoms with Gasteiger partial charge in [-0.1, -0.05) is 18.5 Å². The molecule has 0 unspecified atom stereocenters. The van der Waals surface area contributed by atoms with Gasteiger partial charge in [-0.25, -0.2) is 0 Å². The first-order valence-electron chi connectivity index (χ1n) is 6.79. The van der Waals surface area contributed by atoms with E-state index in [9.17, 15) is 4.79 Å². The van der Waals surface area contributed by atoms with Crippen molar-refractivity contribution in [2.24, 2.45) is 0 Å². The van der Waals surface area contributed by atoms with E-state index in [2.05, 4.69) is 4.90 Å². The topological polar surface area (TPSA) is 38.8 Å². The summed E-state index contributed by atoms with van der Waals surface area (Å²) in [5, 5.41) is 0.454. The quantitative estimate of drug-likeness (QED) is 0.519. The average molecular weight is 300 g/mol. The lowest BCUT2D eigenvalue weighted by atomic mass is 10.1. The molecule has 0 heterocycles. The summed E-state index contributed by atoms with van der Waals surface area (Å²) >= 11 is 6.04. The van der Waals surface area contributed by atoms with Gasteiger partial charge in [0.2, 0.25) is 0 Å². The van der Waals surface area contributed by atoms with E-state index in [1.165, 1.54) is 0 Å². The van der Waals surface area contributed by atoms with Gasteiger partial charge in [-0.2, -0.15) is 0 Å². The van der Waals surface area contributed by atoms with Gasteiger partial charge >= 0.3 is 0 Å². The number of carbonyl (C=O) groups excluding carboxylic acids is 1. The normalized spacial score (nSPS) is 10.8. The minimum atomic E-state index is 0.0490. The van der Waals surface area contributed by atoms with Crippen molar-refractivity contribution in [1.82, 2.24) is 4.90 Å². The molecule has 5 heteroatoms. The number of hydrogen-bond donors (Lipinski definition) is 0. The third kappa shape index (κ3) is 5.12. The Labute approximate surface area is 125 Å². The minimum Gasteiger partial charge on any atom is -0.495 e. The predicted octanol–water partition coefficient (Wildman–Crippen LogP) is 2.89. The van der Waals surface area contributed by atoms with E-state index in [-0.39, 0.29) is 5.78 Å². The van der Waals surface area contributed by atoms with E-state index in [0.717, 1.165) is 13.1 Å². The smallest absolute Gasteiger partial charge is 0.176 e. The Balaban J connectivity index is 2.62. The SMILES string of the molecule is CCOCCN(CC)CC(=O)c1ccc(OC)c(Cl)c1. The molecule has 4 nitrogen and oxygen atoms in total. The molecule has 0 amide bonds. The lowest BCUT2D eigenvalue weighted by Crippen LogP contribution is -2.32. The molecule has 1 aromatic carbocycles. The standard InChI is InChI=1S/C15H22ClNO3/c1-4-17(8-9-20-5-2)11-14(18)12-6-7-15(19-3)13(16)10-12/h6-7,10H,4-5,8-9,11H2,1-3H3. The number of methoxy groups -OCH3 is 1. The molecule has 0 spiro atoms. The summed E-state index contributed by atoms with van der Waals surface area (Å²) in [6.07, 6.45) is 0. The van der Waals surface area contributed by atoms with Gasteiger partial charge in [-0.05, 0) is 31.7 Å². The first-order valence-corrected chi connectivity index (χ1v) is 7.17. The third-order valence-corrected chi connectivity index (χ3v) is 3.34. The van der Waals surface area contributed by atoms with Crippen molar-refractivity contribution in [3.8, 4) is 5.75 Å². The molecule has 0 atom stereocenters. The number of nitrogens with zero attached hydrogens (tertiary/aromatic N) is 1. The second kappa shape index (κ2) is 8.95. The van der Waals surface area contributed by atoms with E-state index >= 15 is 0 Å². The highest BCUT2D eigenvalue weighted by molar-refractivity contribution is 6.32. The molecule has 20 heavy (non-hydrogen) atoms. The third-order valence-electron chi connectivity index (χ3n) is 3.04. The Bertz CT molecular complexity index is 437. The van der Waals surface area contributed by atoms with Crippen LogP contribution >= 0.6 is 11.6 Å². The minimum absolute atomic E-state index is 0.0490. The van der Waals surface area contributed by atoms with Crippen molar-refractivity contribution in [1.29, 1.82) is 0 Å². The maximum Gasteiger partial charge on any atom is 0.176 e. The van der Waals surface area contributed by atoms with Crippen LogP contribution in [-0.2, 0) is 4.74 Å². The molecule has 0 bridgehead atoms. The van der Waals surface area contributed by atoms with Crippen LogP contribution in [0.1, 0.15) is 24.2 Å². The van der Waals surface area contributed by atoms with Crippen LogP contribution in [0.25, 0.3) is 0 Å². The van der Waals surface area contributed by atoms with Gasteiger partial charge in [0.25, 0.3) is 0 Å². The van der Waals surface area contributed by atoms with E-state index in [1.54, 1.807) is 25.3 Å². The van der Waals surface area contributed by atoms with Crippen LogP contribution in [0.3, 0.4) is 0 Å². The van der Waals surface area contributed by atoms with Gasteiger partial charge in [0.15, 0.2) is 5.78 Å². The molecule has 0 radical (unpaired) electrons. The van der Waals surface area contributed by atoms with Crippen LogP contribution in [-0.4, -0.2) is 50.6 Å². The molecule has 1 rings (SSSR count). The largest absolute Gasteiger partial charge is 0.495 e. The van der Waals surface area contributed by atoms with Crippen molar-refractivity contribution in [2.75, 3.05) is 40.0 Å². The fourth-order valence-electron chi connectivity index (χ4n) is 1.82. The van der Waals surface area contributed by atoms with Crippen LogP contribution in [0.5, 0.6) is 5.75 Å². The number of carbonyl (C=O) groups is 1. The van der Waals surface area contributed by atoms with E-state index < -0.39 is 0 Å². The molecule has 0 aliphatic carbocycles. The van der Waals surface area contributed by atoms with Gasteiger partial charge in [0.1, 0.15) is 5.75 Å². The number of ketones is 1. The average Bonchev–Trinajstić information content (AvgIpc) is 2.46. The molecule has 112 valence electrons. The number of halogens is 1. The van der Waals surface area contributed by atoms with E-state index in [4.69, 9.17) is 21.1 Å². The van der Waals surface area contributed by atoms with Crippen LogP contribution < -0.4 is 4.74 Å². The first-order chi connectivity index (χ1) is 9.62. The van der Waals surface area contributed by atoms with Crippen LogP contribution in [0, 0.1) is 0 Å². The fraction of sp³-hybridized carbons (Fsp3) is 0.533. The van der Waals surface area contributed by atoms with E-state index in [0.29, 0.717) is 36.1 Å². The molecular formula is C15H22ClNO3. The summed E-state index contributed by atoms with van der Waals surface area (Å²) in [5.41, 5.74) is 0.602. The summed E-state index contributed by atoms with van der Waals surface area (Å²) in [4.78, 5) is 14.3. The van der Waals surface area contributed by atoms with Crippen molar-refractivity contribution < 1.29 is 14.3 Å². The zero-order valence-corrected chi connectivity index (χ0v) is 13.1. The fourth-order valence-corrected chi connectivity index (χ4v) is 2.08. The van der Waals surface area contributed by atoms with Crippen molar-refractivity contribution in [2.45, 2.75) is 13.8 Å². The van der Waals surface area contributed by atoms with Gasteiger partial charge in [0, 0.05) is 18.7 Å². The van der Waals surface area contributed by atoms with Crippen LogP contribution in [0.2, 0.25) is 5.02 Å². The van der Waals surface area contributed by atoms with Crippen LogP contribution in [0.15, 0.2) is 18.2 Å². The highest BCUT2D eigenvalue weighted by Gasteiger charge is 2.13. The molecule has 0 aliphatic rings. The highest BCUT2D eigenvalue weighted by Crippen LogP contribution is 2.25. The van der Waals surface area contributed by atoms with Gasteiger partial charge in [-0.15, -0.1) is 0 Å². The number of Topliss-reactive ketones (excluding diaryl/α,β-unsaturated/α-hetero) is 1. The van der Waals surface area contributed by atoms with Crippen molar-refractivity contribution in [3.63, 3.8) is 0 Å². The van der Waals surface area contributed by atoms with Gasteiger partial charge < -0.3 is 9.47 Å². The second-order valence-electron chi connectivity index (χ2n) is 4.34. The Morgan fingerprint density at radius 3 is 2.65 bits per heavy atom. The maximum absolute atomic E-state index is 12.2. The molecule has 0 saturated carbocycles. The van der Waals surface area contributed by atoms with Gasteiger partial charge in [0.05, 0.1) is 25.3 Å². The van der Waals surface area contributed by atoms with Crippen LogP contribution in [0.4, 0.5) is 0 Å². The maximum atomic E-state index is 12.2.